The third kappa shape index (κ3) is 4.66. The van der Waals surface area contributed by atoms with Crippen LogP contribution in [0.1, 0.15) is 5.56 Å². The minimum absolute atomic E-state index is 0.254. The zero-order valence-corrected chi connectivity index (χ0v) is 13.0. The predicted molar refractivity (Wildman–Crippen MR) is 86.1 cm³/mol. The highest BCUT2D eigenvalue weighted by atomic mass is 79.9. The summed E-state index contributed by atoms with van der Waals surface area (Å²) in [6, 6.07) is 18.9. The molecule has 100 valence electrons. The normalized spacial score (nSPS) is 12.3. The molecular weight excluding hydrogens is 320 g/mol. The Bertz CT molecular complexity index is 505. The Kier molecular flexibility index (Phi) is 5.92. The van der Waals surface area contributed by atoms with E-state index in [4.69, 9.17) is 5.84 Å². The molecule has 3 N–H and O–H groups in total. The number of rotatable bonds is 6. The summed E-state index contributed by atoms with van der Waals surface area (Å²) >= 11 is 5.39. The molecule has 0 saturated carbocycles. The van der Waals surface area contributed by atoms with Gasteiger partial charge in [-0.2, -0.15) is 0 Å². The van der Waals surface area contributed by atoms with Gasteiger partial charge in [0, 0.05) is 21.2 Å². The lowest BCUT2D eigenvalue weighted by Crippen LogP contribution is -2.38. The molecule has 0 heterocycles. The van der Waals surface area contributed by atoms with Gasteiger partial charge in [0.15, 0.2) is 0 Å². The van der Waals surface area contributed by atoms with Crippen LogP contribution in [0.4, 0.5) is 0 Å². The number of halogens is 1. The molecule has 0 amide bonds. The topological polar surface area (TPSA) is 38.0 Å². The molecule has 0 aliphatic rings. The lowest BCUT2D eigenvalue weighted by molar-refractivity contribution is 0.574. The molecule has 4 heteroatoms. The van der Waals surface area contributed by atoms with Gasteiger partial charge in [-0.25, -0.2) is 0 Å². The van der Waals surface area contributed by atoms with Crippen molar-refractivity contribution in [3.63, 3.8) is 0 Å². The van der Waals surface area contributed by atoms with Gasteiger partial charge in [0.25, 0.3) is 0 Å². The number of hydrazine groups is 1. The van der Waals surface area contributed by atoms with E-state index in [1.807, 2.05) is 23.9 Å². The smallest absolute Gasteiger partial charge is 0.0345 e. The molecule has 19 heavy (non-hydrogen) atoms. The van der Waals surface area contributed by atoms with Crippen molar-refractivity contribution in [2.75, 3.05) is 5.75 Å². The molecule has 0 spiro atoms. The molecule has 2 aromatic carbocycles. The van der Waals surface area contributed by atoms with Crippen LogP contribution in [0.3, 0.4) is 0 Å². The number of nitrogens with one attached hydrogen (secondary N) is 1. The second-order valence-electron chi connectivity index (χ2n) is 4.28. The van der Waals surface area contributed by atoms with Crippen molar-refractivity contribution in [2.45, 2.75) is 17.4 Å². The Morgan fingerprint density at radius 1 is 1.05 bits per heavy atom. The number of hydrogen-bond acceptors (Lipinski definition) is 3. The maximum atomic E-state index is 5.66. The fourth-order valence-electron chi connectivity index (χ4n) is 1.81. The van der Waals surface area contributed by atoms with Crippen molar-refractivity contribution < 1.29 is 0 Å². The molecule has 0 aliphatic carbocycles. The Morgan fingerprint density at radius 2 is 1.74 bits per heavy atom. The van der Waals surface area contributed by atoms with Crippen LogP contribution in [0, 0.1) is 0 Å². The summed E-state index contributed by atoms with van der Waals surface area (Å²) in [6.45, 7) is 0. The second-order valence-corrected chi connectivity index (χ2v) is 6.23. The highest BCUT2D eigenvalue weighted by Gasteiger charge is 2.10. The lowest BCUT2D eigenvalue weighted by atomic mass is 10.1. The van der Waals surface area contributed by atoms with Crippen molar-refractivity contribution in [2.24, 2.45) is 5.84 Å². The molecule has 2 aromatic rings. The maximum Gasteiger partial charge on any atom is 0.0345 e. The summed E-state index contributed by atoms with van der Waals surface area (Å²) in [5.74, 6) is 6.60. The summed E-state index contributed by atoms with van der Waals surface area (Å²) in [4.78, 5) is 1.27. The Hall–Kier alpha value is -0.810. The van der Waals surface area contributed by atoms with Crippen LogP contribution in [-0.4, -0.2) is 11.8 Å². The fraction of sp³-hybridized carbons (Fsp3) is 0.200. The molecule has 0 saturated heterocycles. The van der Waals surface area contributed by atoms with Crippen LogP contribution in [0.25, 0.3) is 0 Å². The summed E-state index contributed by atoms with van der Waals surface area (Å²) in [7, 11) is 0. The number of benzene rings is 2. The molecule has 1 unspecified atom stereocenters. The van der Waals surface area contributed by atoms with E-state index in [1.54, 1.807) is 0 Å². The van der Waals surface area contributed by atoms with E-state index in [9.17, 15) is 0 Å². The highest BCUT2D eigenvalue weighted by molar-refractivity contribution is 9.10. The minimum Gasteiger partial charge on any atom is -0.271 e. The number of thioether (sulfide) groups is 1. The van der Waals surface area contributed by atoms with Gasteiger partial charge in [-0.1, -0.05) is 52.3 Å². The van der Waals surface area contributed by atoms with Gasteiger partial charge in [0.2, 0.25) is 0 Å². The van der Waals surface area contributed by atoms with Crippen molar-refractivity contribution >= 4 is 27.7 Å². The molecule has 0 aromatic heterocycles. The molecular formula is C15H17BrN2S. The van der Waals surface area contributed by atoms with Crippen LogP contribution in [0.15, 0.2) is 64.0 Å². The first-order valence-corrected chi connectivity index (χ1v) is 7.95. The van der Waals surface area contributed by atoms with E-state index >= 15 is 0 Å². The maximum absolute atomic E-state index is 5.66. The Morgan fingerprint density at radius 3 is 2.42 bits per heavy atom. The Balaban J connectivity index is 1.92. The summed E-state index contributed by atoms with van der Waals surface area (Å²) in [5.41, 5.74) is 4.18. The largest absolute Gasteiger partial charge is 0.271 e. The zero-order valence-electron chi connectivity index (χ0n) is 10.6. The average molecular weight is 337 g/mol. The minimum atomic E-state index is 0.254. The van der Waals surface area contributed by atoms with Gasteiger partial charge >= 0.3 is 0 Å². The summed E-state index contributed by atoms with van der Waals surface area (Å²) in [5, 5.41) is 0. The first-order chi connectivity index (χ1) is 9.29. The lowest BCUT2D eigenvalue weighted by Gasteiger charge is -2.16. The SMILES string of the molecule is NNC(CSc1ccccc1)Cc1ccccc1Br. The van der Waals surface area contributed by atoms with E-state index < -0.39 is 0 Å². The van der Waals surface area contributed by atoms with Crippen molar-refractivity contribution in [3.05, 3.63) is 64.6 Å². The third-order valence-electron chi connectivity index (χ3n) is 2.85. The Labute approximate surface area is 126 Å². The van der Waals surface area contributed by atoms with Crippen LogP contribution in [0.5, 0.6) is 0 Å². The van der Waals surface area contributed by atoms with Gasteiger partial charge < -0.3 is 0 Å². The fourth-order valence-corrected chi connectivity index (χ4v) is 3.21. The van der Waals surface area contributed by atoms with E-state index in [0.717, 1.165) is 16.6 Å². The van der Waals surface area contributed by atoms with Crippen LogP contribution in [-0.2, 0) is 6.42 Å². The van der Waals surface area contributed by atoms with Gasteiger partial charge in [0.05, 0.1) is 0 Å². The standard InChI is InChI=1S/C15H17BrN2S/c16-15-9-5-4-6-12(15)10-13(18-17)11-19-14-7-2-1-3-8-14/h1-9,13,18H,10-11,17H2. The molecule has 0 aliphatic heterocycles. The van der Waals surface area contributed by atoms with E-state index in [2.05, 4.69) is 63.8 Å². The molecule has 1 atom stereocenters. The van der Waals surface area contributed by atoms with E-state index in [1.165, 1.54) is 10.5 Å². The van der Waals surface area contributed by atoms with Gasteiger partial charge in [-0.15, -0.1) is 11.8 Å². The third-order valence-corrected chi connectivity index (χ3v) is 4.80. The van der Waals surface area contributed by atoms with Crippen LogP contribution >= 0.6 is 27.7 Å². The predicted octanol–water partition coefficient (Wildman–Crippen LogP) is 3.62. The van der Waals surface area contributed by atoms with Crippen LogP contribution in [0.2, 0.25) is 0 Å². The number of hydrogen-bond donors (Lipinski definition) is 2. The van der Waals surface area contributed by atoms with Gasteiger partial charge in [0.1, 0.15) is 0 Å². The number of nitrogens with two attached hydrogens (primary N) is 1. The average Bonchev–Trinajstić information content (AvgIpc) is 2.46. The second kappa shape index (κ2) is 7.70. The van der Waals surface area contributed by atoms with Gasteiger partial charge in [-0.05, 0) is 30.2 Å². The zero-order chi connectivity index (χ0) is 13.5. The van der Waals surface area contributed by atoms with Crippen molar-refractivity contribution in [3.8, 4) is 0 Å². The monoisotopic (exact) mass is 336 g/mol. The van der Waals surface area contributed by atoms with Crippen molar-refractivity contribution in [1.82, 2.24) is 5.43 Å². The molecule has 0 fully saturated rings. The highest BCUT2D eigenvalue weighted by Crippen LogP contribution is 2.21. The molecule has 2 nitrogen and oxygen atoms in total. The van der Waals surface area contributed by atoms with E-state index in [0.29, 0.717) is 0 Å². The molecule has 0 bridgehead atoms. The van der Waals surface area contributed by atoms with Crippen LogP contribution < -0.4 is 11.3 Å². The first-order valence-electron chi connectivity index (χ1n) is 6.17. The molecule has 0 radical (unpaired) electrons. The quantitative estimate of drug-likeness (QED) is 0.480. The first kappa shape index (κ1) is 14.6. The summed E-state index contributed by atoms with van der Waals surface area (Å²) < 4.78 is 1.14. The molecule has 2 rings (SSSR count). The van der Waals surface area contributed by atoms with Crippen molar-refractivity contribution in [1.29, 1.82) is 0 Å². The summed E-state index contributed by atoms with van der Waals surface area (Å²) in [6.07, 6.45) is 0.914. The van der Waals surface area contributed by atoms with E-state index in [-0.39, 0.29) is 6.04 Å². The van der Waals surface area contributed by atoms with Gasteiger partial charge in [-0.3, -0.25) is 11.3 Å².